The molecule has 0 aromatic heterocycles. The number of anilines is 1. The number of benzene rings is 2. The summed E-state index contributed by atoms with van der Waals surface area (Å²) in [5, 5.41) is 0. The van der Waals surface area contributed by atoms with Crippen molar-refractivity contribution < 1.29 is 8.42 Å². The fourth-order valence-electron chi connectivity index (χ4n) is 2.65. The average molecular weight is 329 g/mol. The fourth-order valence-corrected chi connectivity index (χ4v) is 3.90. The van der Waals surface area contributed by atoms with Crippen LogP contribution in [0.15, 0.2) is 57.8 Å². The van der Waals surface area contributed by atoms with E-state index in [1.165, 1.54) is 0 Å². The molecule has 0 amide bonds. The second-order valence-electron chi connectivity index (χ2n) is 5.81. The summed E-state index contributed by atoms with van der Waals surface area (Å²) in [6, 6.07) is 15.1. The second-order valence-corrected chi connectivity index (χ2v) is 7.38. The Bertz CT molecular complexity index is 873. The maximum absolute atomic E-state index is 12.1. The van der Waals surface area contributed by atoms with E-state index in [4.69, 9.17) is 0 Å². The minimum Gasteiger partial charge on any atom is -0.378 e. The summed E-state index contributed by atoms with van der Waals surface area (Å²) < 4.78 is 28.2. The minimum atomic E-state index is -3.58. The Morgan fingerprint density at radius 1 is 1.00 bits per heavy atom. The number of amidine groups is 1. The number of sulfonamides is 1. The largest absolute Gasteiger partial charge is 0.378 e. The van der Waals surface area contributed by atoms with Crippen molar-refractivity contribution in [1.82, 2.24) is 4.90 Å². The summed E-state index contributed by atoms with van der Waals surface area (Å²) in [6.45, 7) is 0.588. The van der Waals surface area contributed by atoms with Gasteiger partial charge in [-0.25, -0.2) is 0 Å². The van der Waals surface area contributed by atoms with Gasteiger partial charge < -0.3 is 9.80 Å². The normalized spacial score (nSPS) is 15.0. The van der Waals surface area contributed by atoms with Gasteiger partial charge in [0.1, 0.15) is 4.90 Å². The third kappa shape index (κ3) is 2.94. The van der Waals surface area contributed by atoms with Crippen molar-refractivity contribution in [3.8, 4) is 0 Å². The van der Waals surface area contributed by atoms with Gasteiger partial charge in [-0.15, -0.1) is 4.40 Å². The lowest BCUT2D eigenvalue weighted by atomic mass is 10.1. The maximum Gasteiger partial charge on any atom is 0.285 e. The van der Waals surface area contributed by atoms with Crippen LogP contribution in [0.5, 0.6) is 0 Å². The molecule has 0 atom stereocenters. The van der Waals surface area contributed by atoms with Gasteiger partial charge in [0, 0.05) is 38.9 Å². The highest BCUT2D eigenvalue weighted by Gasteiger charge is 2.30. The van der Waals surface area contributed by atoms with E-state index in [2.05, 4.69) is 10.5 Å². The van der Waals surface area contributed by atoms with Crippen molar-refractivity contribution in [1.29, 1.82) is 0 Å². The standard InChI is InChI=1S/C17H19N3O2S/c1-19(2)14-8-6-7-13(11-14)12-20(3)17-15-9-4-5-10-16(15)23(21,22)18-17/h4-11H,12H2,1-3H3. The number of nitrogens with zero attached hydrogens (tertiary/aromatic N) is 3. The van der Waals surface area contributed by atoms with Crippen molar-refractivity contribution in [2.75, 3.05) is 26.0 Å². The molecule has 3 rings (SSSR count). The monoisotopic (exact) mass is 329 g/mol. The molecule has 1 aliphatic rings. The molecule has 6 heteroatoms. The van der Waals surface area contributed by atoms with Gasteiger partial charge >= 0.3 is 0 Å². The predicted molar refractivity (Wildman–Crippen MR) is 92.4 cm³/mol. The summed E-state index contributed by atoms with van der Waals surface area (Å²) in [5.41, 5.74) is 2.87. The van der Waals surface area contributed by atoms with Gasteiger partial charge in [0.15, 0.2) is 5.84 Å². The molecule has 120 valence electrons. The molecule has 5 nitrogen and oxygen atoms in total. The van der Waals surface area contributed by atoms with E-state index >= 15 is 0 Å². The molecular weight excluding hydrogens is 310 g/mol. The van der Waals surface area contributed by atoms with E-state index in [1.54, 1.807) is 18.2 Å². The fraction of sp³-hybridized carbons (Fsp3) is 0.235. The predicted octanol–water partition coefficient (Wildman–Crippen LogP) is 2.33. The summed E-state index contributed by atoms with van der Waals surface area (Å²) in [5.74, 6) is 0.496. The summed E-state index contributed by atoms with van der Waals surface area (Å²) >= 11 is 0. The van der Waals surface area contributed by atoms with Gasteiger partial charge in [-0.1, -0.05) is 24.3 Å². The lowest BCUT2D eigenvalue weighted by Crippen LogP contribution is -2.26. The lowest BCUT2D eigenvalue weighted by Gasteiger charge is -2.20. The summed E-state index contributed by atoms with van der Waals surface area (Å²) in [6.07, 6.45) is 0. The Morgan fingerprint density at radius 3 is 2.48 bits per heavy atom. The Balaban J connectivity index is 1.90. The van der Waals surface area contributed by atoms with Gasteiger partial charge in [-0.2, -0.15) is 8.42 Å². The highest BCUT2D eigenvalue weighted by atomic mass is 32.2. The average Bonchev–Trinajstić information content (AvgIpc) is 2.80. The molecule has 23 heavy (non-hydrogen) atoms. The van der Waals surface area contributed by atoms with E-state index in [9.17, 15) is 8.42 Å². The first-order valence-corrected chi connectivity index (χ1v) is 8.74. The number of rotatable bonds is 3. The van der Waals surface area contributed by atoms with Crippen molar-refractivity contribution in [3.63, 3.8) is 0 Å². The molecule has 0 radical (unpaired) electrons. The first-order valence-electron chi connectivity index (χ1n) is 7.30. The van der Waals surface area contributed by atoms with Crippen LogP contribution in [0.1, 0.15) is 11.1 Å². The van der Waals surface area contributed by atoms with Crippen LogP contribution in [0, 0.1) is 0 Å². The van der Waals surface area contributed by atoms with E-state index in [-0.39, 0.29) is 4.90 Å². The molecule has 0 bridgehead atoms. The van der Waals surface area contributed by atoms with Gasteiger partial charge in [0.2, 0.25) is 0 Å². The zero-order chi connectivity index (χ0) is 16.6. The topological polar surface area (TPSA) is 53.0 Å². The van der Waals surface area contributed by atoms with Gasteiger partial charge in [0.25, 0.3) is 10.0 Å². The van der Waals surface area contributed by atoms with Crippen LogP contribution in [0.25, 0.3) is 0 Å². The Morgan fingerprint density at radius 2 is 1.74 bits per heavy atom. The van der Waals surface area contributed by atoms with Crippen LogP contribution in [0.2, 0.25) is 0 Å². The maximum atomic E-state index is 12.1. The molecule has 1 aliphatic heterocycles. The van der Waals surface area contributed by atoms with Crippen molar-refractivity contribution in [2.24, 2.45) is 4.40 Å². The first kappa shape index (κ1) is 15.6. The van der Waals surface area contributed by atoms with E-state index in [1.807, 2.05) is 55.2 Å². The van der Waals surface area contributed by atoms with Crippen LogP contribution in [-0.4, -0.2) is 40.3 Å². The number of hydrogen-bond donors (Lipinski definition) is 0. The molecule has 1 heterocycles. The second kappa shape index (κ2) is 5.70. The van der Waals surface area contributed by atoms with Gasteiger partial charge in [-0.3, -0.25) is 0 Å². The number of hydrogen-bond acceptors (Lipinski definition) is 4. The summed E-state index contributed by atoms with van der Waals surface area (Å²) in [7, 11) is 2.27. The van der Waals surface area contributed by atoms with Crippen molar-refractivity contribution in [3.05, 3.63) is 59.7 Å². The van der Waals surface area contributed by atoms with E-state index in [0.717, 1.165) is 11.3 Å². The van der Waals surface area contributed by atoms with Gasteiger partial charge in [0.05, 0.1) is 0 Å². The SMILES string of the molecule is CN(Cc1cccc(N(C)C)c1)C1=NS(=O)(=O)c2ccccc21. The highest BCUT2D eigenvalue weighted by Crippen LogP contribution is 2.27. The van der Waals surface area contributed by atoms with Crippen molar-refractivity contribution >= 4 is 21.5 Å². The van der Waals surface area contributed by atoms with E-state index < -0.39 is 10.0 Å². The molecule has 2 aromatic rings. The molecular formula is C17H19N3O2S. The van der Waals surface area contributed by atoms with Crippen LogP contribution in [0.4, 0.5) is 5.69 Å². The zero-order valence-corrected chi connectivity index (χ0v) is 14.2. The van der Waals surface area contributed by atoms with Crippen LogP contribution >= 0.6 is 0 Å². The van der Waals surface area contributed by atoms with Crippen LogP contribution in [0.3, 0.4) is 0 Å². The first-order chi connectivity index (χ1) is 10.9. The Labute approximate surface area is 136 Å². The van der Waals surface area contributed by atoms with Gasteiger partial charge in [-0.05, 0) is 29.8 Å². The molecule has 2 aromatic carbocycles. The van der Waals surface area contributed by atoms with Crippen molar-refractivity contribution in [2.45, 2.75) is 11.4 Å². The van der Waals surface area contributed by atoms with E-state index in [0.29, 0.717) is 17.9 Å². The summed E-state index contributed by atoms with van der Waals surface area (Å²) in [4.78, 5) is 4.19. The molecule has 0 N–H and O–H groups in total. The molecule has 0 saturated carbocycles. The van der Waals surface area contributed by atoms with Crippen LogP contribution in [-0.2, 0) is 16.6 Å². The lowest BCUT2D eigenvalue weighted by molar-refractivity contribution is 0.502. The minimum absolute atomic E-state index is 0.281. The smallest absolute Gasteiger partial charge is 0.285 e. The molecule has 0 aliphatic carbocycles. The highest BCUT2D eigenvalue weighted by molar-refractivity contribution is 7.90. The van der Waals surface area contributed by atoms with Crippen LogP contribution < -0.4 is 4.90 Å². The third-order valence-electron chi connectivity index (χ3n) is 3.82. The Kier molecular flexibility index (Phi) is 3.85. The number of fused-ring (bicyclic) bond motifs is 1. The Hall–Kier alpha value is -2.34. The molecule has 0 unspecified atom stereocenters. The molecule has 0 spiro atoms. The zero-order valence-electron chi connectivity index (χ0n) is 13.4. The molecule has 0 saturated heterocycles. The molecule has 0 fully saturated rings. The quantitative estimate of drug-likeness (QED) is 0.867. The third-order valence-corrected chi connectivity index (χ3v) is 5.15.